The zero-order valence-corrected chi connectivity index (χ0v) is 26.9. The highest BCUT2D eigenvalue weighted by Crippen LogP contribution is 2.36. The van der Waals surface area contributed by atoms with Gasteiger partial charge in [0, 0.05) is 29.8 Å². The number of nitrogens with zero attached hydrogens (tertiary/aromatic N) is 3. The largest absolute Gasteiger partial charge is 0.417 e. The molecule has 1 aromatic heterocycles. The Morgan fingerprint density at radius 2 is 1.63 bits per heavy atom. The third-order valence-electron chi connectivity index (χ3n) is 7.80. The molecule has 4 aromatic rings. The van der Waals surface area contributed by atoms with Crippen LogP contribution in [0.15, 0.2) is 65.5 Å². The van der Waals surface area contributed by atoms with E-state index < -0.39 is 28.4 Å². The highest BCUT2D eigenvalue weighted by molar-refractivity contribution is 6.42. The number of amides is 2. The molecule has 0 spiro atoms. The van der Waals surface area contributed by atoms with Crippen LogP contribution < -0.4 is 16.2 Å². The number of alkyl halides is 3. The molecule has 0 fully saturated rings. The number of benzene rings is 3. The molecule has 3 aromatic carbocycles. The van der Waals surface area contributed by atoms with Crippen molar-refractivity contribution >= 4 is 52.6 Å². The highest BCUT2D eigenvalue weighted by Gasteiger charge is 2.34. The van der Waals surface area contributed by atoms with Crippen LogP contribution in [0.3, 0.4) is 0 Å². The highest BCUT2D eigenvalue weighted by atomic mass is 35.5. The molecule has 2 amide bonds. The third-order valence-corrected chi connectivity index (χ3v) is 8.85. The summed E-state index contributed by atoms with van der Waals surface area (Å²) < 4.78 is 41.3. The predicted molar refractivity (Wildman–Crippen MR) is 171 cm³/mol. The van der Waals surface area contributed by atoms with E-state index in [0.29, 0.717) is 38.7 Å². The monoisotopic (exact) mass is 691 g/mol. The zero-order chi connectivity index (χ0) is 33.5. The number of carbonyl (C=O) groups excluding carboxylic acids is 2. The van der Waals surface area contributed by atoms with Crippen LogP contribution in [0.4, 0.5) is 19.1 Å². The zero-order valence-electron chi connectivity index (χ0n) is 24.7. The summed E-state index contributed by atoms with van der Waals surface area (Å²) in [5.74, 6) is -0.555. The standard InChI is InChI=1S/C32H27Cl3F3N5O3/c1-16-12-22-27(15-42(16)29(45)20-7-11-24(33)26(35)14-20)41-31(40-17(2)19-6-10-23(25(34)13-19)32(36,37)38)43(30(22)46)21-8-4-18(5-9-21)28(44)39-3/h4-11,13-14,16-17H,12,15H2,1-3H3,(H,39,44)(H,40,41)/t16-,17?/m1/s1. The fraction of sp³-hybridized carbons (Fsp3) is 0.250. The molecular formula is C32H27Cl3F3N5O3. The Labute approximate surface area is 277 Å². The van der Waals surface area contributed by atoms with E-state index in [-0.39, 0.29) is 41.8 Å². The van der Waals surface area contributed by atoms with E-state index in [0.717, 1.165) is 6.07 Å². The number of rotatable bonds is 6. The lowest BCUT2D eigenvalue weighted by Crippen LogP contribution is -2.46. The van der Waals surface area contributed by atoms with Crippen molar-refractivity contribution in [3.8, 4) is 5.69 Å². The summed E-state index contributed by atoms with van der Waals surface area (Å²) in [7, 11) is 1.50. The van der Waals surface area contributed by atoms with Crippen LogP contribution >= 0.6 is 34.8 Å². The molecule has 0 saturated heterocycles. The Balaban J connectivity index is 1.57. The maximum atomic E-state index is 14.1. The van der Waals surface area contributed by atoms with Gasteiger partial charge in [0.1, 0.15) is 0 Å². The van der Waals surface area contributed by atoms with Gasteiger partial charge in [0.15, 0.2) is 0 Å². The lowest BCUT2D eigenvalue weighted by Gasteiger charge is -2.35. The molecule has 2 atom stereocenters. The molecule has 1 aliphatic heterocycles. The van der Waals surface area contributed by atoms with Gasteiger partial charge >= 0.3 is 6.18 Å². The number of hydrogen-bond donors (Lipinski definition) is 2. The van der Waals surface area contributed by atoms with Crippen LogP contribution in [-0.4, -0.2) is 39.4 Å². The van der Waals surface area contributed by atoms with E-state index in [1.807, 2.05) is 6.92 Å². The Kier molecular flexibility index (Phi) is 9.40. The Bertz CT molecular complexity index is 1900. The molecule has 1 unspecified atom stereocenters. The van der Waals surface area contributed by atoms with Crippen LogP contribution in [0, 0.1) is 0 Å². The number of anilines is 1. The van der Waals surface area contributed by atoms with Gasteiger partial charge in [0.05, 0.1) is 44.6 Å². The Morgan fingerprint density at radius 3 is 2.24 bits per heavy atom. The second-order valence-electron chi connectivity index (χ2n) is 10.8. The maximum Gasteiger partial charge on any atom is 0.417 e. The molecule has 8 nitrogen and oxygen atoms in total. The van der Waals surface area contributed by atoms with Crippen molar-refractivity contribution in [1.29, 1.82) is 0 Å². The van der Waals surface area contributed by atoms with E-state index in [4.69, 9.17) is 39.8 Å². The molecule has 14 heteroatoms. The van der Waals surface area contributed by atoms with Crippen LogP contribution in [0.2, 0.25) is 15.1 Å². The average Bonchev–Trinajstić information content (AvgIpc) is 3.01. The quantitative estimate of drug-likeness (QED) is 0.221. The molecule has 2 heterocycles. The summed E-state index contributed by atoms with van der Waals surface area (Å²) in [4.78, 5) is 46.1. The molecular weight excluding hydrogens is 666 g/mol. The molecule has 1 aliphatic rings. The summed E-state index contributed by atoms with van der Waals surface area (Å²) in [6.45, 7) is 3.52. The minimum Gasteiger partial charge on any atom is -0.355 e. The second-order valence-corrected chi connectivity index (χ2v) is 12.1. The summed E-state index contributed by atoms with van der Waals surface area (Å²) in [6, 6.07) is 13.3. The normalized spacial score (nSPS) is 15.2. The fourth-order valence-corrected chi connectivity index (χ4v) is 5.87. The van der Waals surface area contributed by atoms with Crippen LogP contribution in [-0.2, 0) is 19.1 Å². The van der Waals surface area contributed by atoms with Gasteiger partial charge < -0.3 is 15.5 Å². The Morgan fingerprint density at radius 1 is 0.957 bits per heavy atom. The van der Waals surface area contributed by atoms with Gasteiger partial charge in [0.2, 0.25) is 5.95 Å². The molecule has 5 rings (SSSR count). The van der Waals surface area contributed by atoms with Crippen molar-refractivity contribution in [2.24, 2.45) is 0 Å². The van der Waals surface area contributed by atoms with Crippen LogP contribution in [0.1, 0.15) is 63.0 Å². The number of aromatic nitrogens is 2. The van der Waals surface area contributed by atoms with Crippen molar-refractivity contribution in [1.82, 2.24) is 19.8 Å². The summed E-state index contributed by atoms with van der Waals surface area (Å²) in [5, 5.41) is 5.75. The first-order chi connectivity index (χ1) is 21.7. The van der Waals surface area contributed by atoms with Crippen molar-refractivity contribution in [2.75, 3.05) is 12.4 Å². The number of fused-ring (bicyclic) bond motifs is 1. The van der Waals surface area contributed by atoms with Gasteiger partial charge in [-0.1, -0.05) is 40.9 Å². The third kappa shape index (κ3) is 6.58. The first-order valence-corrected chi connectivity index (χ1v) is 15.2. The second kappa shape index (κ2) is 13.0. The molecule has 2 N–H and O–H groups in total. The minimum atomic E-state index is -4.62. The minimum absolute atomic E-state index is 0.0104. The molecule has 0 saturated carbocycles. The van der Waals surface area contributed by atoms with Crippen molar-refractivity contribution in [3.05, 3.63) is 120 Å². The smallest absolute Gasteiger partial charge is 0.355 e. The van der Waals surface area contributed by atoms with Crippen molar-refractivity contribution < 1.29 is 22.8 Å². The number of halogens is 6. The molecule has 0 radical (unpaired) electrons. The van der Waals surface area contributed by atoms with E-state index in [2.05, 4.69) is 10.6 Å². The lowest BCUT2D eigenvalue weighted by atomic mass is 9.98. The lowest BCUT2D eigenvalue weighted by molar-refractivity contribution is -0.137. The summed E-state index contributed by atoms with van der Waals surface area (Å²) in [5.41, 5.74) is 0.897. The summed E-state index contributed by atoms with van der Waals surface area (Å²) >= 11 is 18.2. The first kappa shape index (κ1) is 33.3. The first-order valence-electron chi connectivity index (χ1n) is 14.1. The van der Waals surface area contributed by atoms with Gasteiger partial charge in [-0.05, 0) is 80.4 Å². The van der Waals surface area contributed by atoms with E-state index in [1.165, 1.54) is 35.9 Å². The van der Waals surface area contributed by atoms with E-state index in [9.17, 15) is 27.6 Å². The van der Waals surface area contributed by atoms with E-state index >= 15 is 0 Å². The van der Waals surface area contributed by atoms with Gasteiger partial charge in [-0.2, -0.15) is 13.2 Å². The van der Waals surface area contributed by atoms with Crippen molar-refractivity contribution in [2.45, 2.75) is 45.1 Å². The molecule has 46 heavy (non-hydrogen) atoms. The molecule has 0 aliphatic carbocycles. The summed E-state index contributed by atoms with van der Waals surface area (Å²) in [6.07, 6.45) is -4.42. The molecule has 240 valence electrons. The van der Waals surface area contributed by atoms with Crippen molar-refractivity contribution in [3.63, 3.8) is 0 Å². The van der Waals surface area contributed by atoms with Crippen LogP contribution in [0.5, 0.6) is 0 Å². The van der Waals surface area contributed by atoms with Gasteiger partial charge in [-0.3, -0.25) is 14.4 Å². The van der Waals surface area contributed by atoms with Gasteiger partial charge in [-0.25, -0.2) is 9.55 Å². The topological polar surface area (TPSA) is 96.3 Å². The number of nitrogens with one attached hydrogen (secondary N) is 2. The number of carbonyl (C=O) groups is 2. The van der Waals surface area contributed by atoms with Gasteiger partial charge in [-0.15, -0.1) is 0 Å². The fourth-order valence-electron chi connectivity index (χ4n) is 5.28. The molecule has 0 bridgehead atoms. The average molecular weight is 693 g/mol. The predicted octanol–water partition coefficient (Wildman–Crippen LogP) is 7.33. The van der Waals surface area contributed by atoms with E-state index in [1.54, 1.807) is 42.2 Å². The van der Waals surface area contributed by atoms with Gasteiger partial charge in [0.25, 0.3) is 17.4 Å². The maximum absolute atomic E-state index is 14.1. The number of hydrogen-bond acceptors (Lipinski definition) is 5. The SMILES string of the molecule is CNC(=O)c1ccc(-n2c(NC(C)c3ccc(C(F)(F)F)c(Cl)c3)nc3c(c2=O)C[C@@H](C)N(C(=O)c2ccc(Cl)c(Cl)c2)C3)cc1. The van der Waals surface area contributed by atoms with Crippen LogP contribution in [0.25, 0.3) is 5.69 Å². The Hall–Kier alpha value is -4.06.